The molecule has 0 spiro atoms. The van der Waals surface area contributed by atoms with E-state index in [0.29, 0.717) is 5.30 Å². The summed E-state index contributed by atoms with van der Waals surface area (Å²) in [6.45, 7) is 0.0407. The molecule has 28 heavy (non-hydrogen) atoms. The third-order valence-corrected chi connectivity index (χ3v) is 6.95. The molecule has 6 heteroatoms. The first kappa shape index (κ1) is 20.3. The maximum absolute atomic E-state index is 14.3. The summed E-state index contributed by atoms with van der Waals surface area (Å²) in [6, 6.07) is 21.9. The molecule has 4 nitrogen and oxygen atoms in total. The lowest BCUT2D eigenvalue weighted by molar-refractivity contribution is 0.206. The smallest absolute Gasteiger partial charge is 0.264 e. The van der Waals surface area contributed by atoms with Gasteiger partial charge in [0.2, 0.25) is 0 Å². The molecule has 0 amide bonds. The zero-order valence-electron chi connectivity index (χ0n) is 15.8. The predicted molar refractivity (Wildman–Crippen MR) is 111 cm³/mol. The van der Waals surface area contributed by atoms with Crippen molar-refractivity contribution in [3.8, 4) is 0 Å². The highest BCUT2D eigenvalue weighted by Crippen LogP contribution is 2.58. The summed E-state index contributed by atoms with van der Waals surface area (Å²) < 4.78 is 33.9. The third-order valence-electron chi connectivity index (χ3n) is 4.50. The van der Waals surface area contributed by atoms with Crippen molar-refractivity contribution in [3.63, 3.8) is 0 Å². The van der Waals surface area contributed by atoms with E-state index in [4.69, 9.17) is 4.52 Å². The van der Waals surface area contributed by atoms with Crippen LogP contribution < -0.4 is 10.2 Å². The summed E-state index contributed by atoms with van der Waals surface area (Å²) in [4.78, 5) is 1.91. The first-order valence-corrected chi connectivity index (χ1v) is 10.6. The fourth-order valence-corrected chi connectivity index (χ4v) is 4.91. The molecule has 0 aliphatic carbocycles. The molecule has 0 heterocycles. The minimum absolute atomic E-state index is 0.0407. The van der Waals surface area contributed by atoms with E-state index in [1.54, 1.807) is 30.3 Å². The van der Waals surface area contributed by atoms with E-state index in [0.717, 1.165) is 11.3 Å². The van der Waals surface area contributed by atoms with E-state index in [1.165, 1.54) is 18.2 Å². The van der Waals surface area contributed by atoms with Crippen LogP contribution in [-0.4, -0.2) is 19.2 Å². The molecule has 3 aromatic rings. The fraction of sp³-hybridized carbons (Fsp3) is 0.182. The molecule has 3 rings (SSSR count). The van der Waals surface area contributed by atoms with Crippen LogP contribution in [0, 0.1) is 5.82 Å². The van der Waals surface area contributed by atoms with E-state index in [-0.39, 0.29) is 12.2 Å². The average molecular weight is 399 g/mol. The summed E-state index contributed by atoms with van der Waals surface area (Å²) in [5.41, 5.74) is 1.68. The number of benzene rings is 3. The molecule has 3 aromatic carbocycles. The Morgan fingerprint density at radius 3 is 2.18 bits per heavy atom. The lowest BCUT2D eigenvalue weighted by atomic mass is 10.2. The number of halogens is 1. The average Bonchev–Trinajstić information content (AvgIpc) is 2.72. The molecular weight excluding hydrogens is 376 g/mol. The van der Waals surface area contributed by atoms with Gasteiger partial charge in [-0.1, -0.05) is 48.5 Å². The van der Waals surface area contributed by atoms with Crippen LogP contribution in [0.3, 0.4) is 0 Å². The Kier molecular flexibility index (Phi) is 6.30. The van der Waals surface area contributed by atoms with Crippen LogP contribution in [0.1, 0.15) is 17.0 Å². The number of anilines is 1. The maximum Gasteiger partial charge on any atom is 0.264 e. The van der Waals surface area contributed by atoms with Gasteiger partial charge in [-0.05, 0) is 35.9 Å². The lowest BCUT2D eigenvalue weighted by Gasteiger charge is -2.25. The minimum Gasteiger partial charge on any atom is -0.378 e. The molecule has 1 N–H and O–H groups in total. The molecular formula is C22H23FNO3P. The van der Waals surface area contributed by atoms with Gasteiger partial charge in [0.05, 0.1) is 6.61 Å². The monoisotopic (exact) mass is 399 g/mol. The Morgan fingerprint density at radius 1 is 0.964 bits per heavy atom. The second kappa shape index (κ2) is 8.70. The number of hydrogen-bond donors (Lipinski definition) is 1. The molecule has 0 saturated carbocycles. The second-order valence-electron chi connectivity index (χ2n) is 6.66. The molecule has 146 valence electrons. The van der Waals surface area contributed by atoms with Crippen molar-refractivity contribution in [2.24, 2.45) is 0 Å². The Hall–Kier alpha value is -2.46. The van der Waals surface area contributed by atoms with Crippen LogP contribution in [0.15, 0.2) is 78.9 Å². The maximum atomic E-state index is 14.3. The van der Waals surface area contributed by atoms with Crippen molar-refractivity contribution in [2.45, 2.75) is 12.5 Å². The molecule has 0 bridgehead atoms. The standard InChI is InChI=1S/C22H23FNO3P/c1-24(2)18-12-14-19(15-13-18)28(26,27-16-17-8-4-3-5-9-17)22(25)20-10-6-7-11-21(20)23/h3-15,22,25H,16H2,1-2H3/t22-,28+/m0/s1. The molecule has 0 radical (unpaired) electrons. The summed E-state index contributed by atoms with van der Waals surface area (Å²) >= 11 is 0. The van der Waals surface area contributed by atoms with E-state index in [9.17, 15) is 14.1 Å². The van der Waals surface area contributed by atoms with Crippen molar-refractivity contribution in [2.75, 3.05) is 19.0 Å². The van der Waals surface area contributed by atoms with Gasteiger partial charge >= 0.3 is 0 Å². The van der Waals surface area contributed by atoms with E-state index < -0.39 is 19.0 Å². The van der Waals surface area contributed by atoms with E-state index >= 15 is 0 Å². The molecule has 0 saturated heterocycles. The van der Waals surface area contributed by atoms with E-state index in [2.05, 4.69) is 0 Å². The number of aliphatic hydroxyl groups is 1. The summed E-state index contributed by atoms with van der Waals surface area (Å²) in [7, 11) is -0.0351. The fourth-order valence-electron chi connectivity index (χ4n) is 2.86. The van der Waals surface area contributed by atoms with Crippen molar-refractivity contribution in [1.82, 2.24) is 0 Å². The largest absolute Gasteiger partial charge is 0.378 e. The molecule has 2 atom stereocenters. The van der Waals surface area contributed by atoms with Crippen LogP contribution in [0.2, 0.25) is 0 Å². The van der Waals surface area contributed by atoms with Gasteiger partial charge in [0.1, 0.15) is 5.82 Å². The number of nitrogens with zero attached hydrogens (tertiary/aromatic N) is 1. The van der Waals surface area contributed by atoms with Crippen LogP contribution in [0.25, 0.3) is 0 Å². The van der Waals surface area contributed by atoms with Crippen molar-refractivity contribution >= 4 is 18.4 Å². The van der Waals surface area contributed by atoms with Gasteiger partial charge in [-0.25, -0.2) is 4.39 Å². The Bertz CT molecular complexity index is 961. The molecule has 0 unspecified atom stereocenters. The zero-order chi connectivity index (χ0) is 20.1. The van der Waals surface area contributed by atoms with Gasteiger partial charge in [0.15, 0.2) is 5.85 Å². The number of aliphatic hydroxyl groups excluding tert-OH is 1. The lowest BCUT2D eigenvalue weighted by Crippen LogP contribution is -2.16. The molecule has 0 aromatic heterocycles. The molecule has 0 aliphatic rings. The van der Waals surface area contributed by atoms with Gasteiger partial charge in [-0.3, -0.25) is 4.57 Å². The Labute approximate surface area is 164 Å². The normalized spacial score (nSPS) is 14.3. The topological polar surface area (TPSA) is 49.8 Å². The Morgan fingerprint density at radius 2 is 1.57 bits per heavy atom. The summed E-state index contributed by atoms with van der Waals surface area (Å²) in [5, 5.41) is 11.2. The number of hydrogen-bond acceptors (Lipinski definition) is 4. The molecule has 0 aliphatic heterocycles. The number of rotatable bonds is 7. The summed E-state index contributed by atoms with van der Waals surface area (Å²) in [5.74, 6) is -2.23. The van der Waals surface area contributed by atoms with Crippen molar-refractivity contribution < 1.29 is 18.6 Å². The Balaban J connectivity index is 1.99. The van der Waals surface area contributed by atoms with Gasteiger partial charge in [-0.2, -0.15) is 0 Å². The van der Waals surface area contributed by atoms with Crippen LogP contribution >= 0.6 is 7.37 Å². The van der Waals surface area contributed by atoms with Crippen molar-refractivity contribution in [3.05, 3.63) is 95.8 Å². The van der Waals surface area contributed by atoms with Crippen LogP contribution in [0.5, 0.6) is 0 Å². The van der Waals surface area contributed by atoms with Crippen LogP contribution in [-0.2, 0) is 15.7 Å². The van der Waals surface area contributed by atoms with Gasteiger partial charge in [0.25, 0.3) is 7.37 Å². The molecule has 0 fully saturated rings. The quantitative estimate of drug-likeness (QED) is 0.585. The van der Waals surface area contributed by atoms with Gasteiger partial charge in [-0.15, -0.1) is 0 Å². The highest BCUT2D eigenvalue weighted by atomic mass is 31.2. The SMILES string of the molecule is CN(C)c1ccc([P@@](=O)(OCc2ccccc2)[C@H](O)c2ccccc2F)cc1. The minimum atomic E-state index is -3.83. The van der Waals surface area contributed by atoms with Crippen molar-refractivity contribution in [1.29, 1.82) is 0 Å². The summed E-state index contributed by atoms with van der Waals surface area (Å²) in [6.07, 6.45) is 0. The first-order chi connectivity index (χ1) is 13.4. The highest BCUT2D eigenvalue weighted by molar-refractivity contribution is 7.67. The third kappa shape index (κ3) is 4.33. The first-order valence-electron chi connectivity index (χ1n) is 8.90. The van der Waals surface area contributed by atoms with Gasteiger partial charge < -0.3 is 14.5 Å². The predicted octanol–water partition coefficient (Wildman–Crippen LogP) is 4.70. The zero-order valence-corrected chi connectivity index (χ0v) is 16.7. The highest BCUT2D eigenvalue weighted by Gasteiger charge is 2.37. The van der Waals surface area contributed by atoms with Crippen LogP contribution in [0.4, 0.5) is 10.1 Å². The second-order valence-corrected chi connectivity index (χ2v) is 9.12. The van der Waals surface area contributed by atoms with Gasteiger partial charge in [0, 0.05) is 30.7 Å². The van der Waals surface area contributed by atoms with E-state index in [1.807, 2.05) is 49.3 Å².